The molecule has 2 aromatic carbocycles. The number of benzene rings is 2. The van der Waals surface area contributed by atoms with Gasteiger partial charge in [0.05, 0.1) is 14.2 Å². The van der Waals surface area contributed by atoms with E-state index in [0.717, 1.165) is 49.5 Å². The second-order valence-electron chi connectivity index (χ2n) is 8.40. The standard InChI is InChI=1S/C27H32N6O3/c1-4-32-11-13-33(14-12-32)24-9-7-23(8-10-24)30-27-28-18-21(19-29-27)6-5-20-15-22(26(34)31-36-3)17-25(16-20)35-2/h5-10,15-19H,4,11-14H2,1-3H3,(H,31,34)(H,28,29,30)/b6-5+. The summed E-state index contributed by atoms with van der Waals surface area (Å²) in [5.74, 6) is 0.747. The lowest BCUT2D eigenvalue weighted by Gasteiger charge is -2.35. The zero-order chi connectivity index (χ0) is 25.3. The van der Waals surface area contributed by atoms with E-state index in [2.05, 4.69) is 61.8 Å². The van der Waals surface area contributed by atoms with E-state index in [4.69, 9.17) is 9.57 Å². The Balaban J connectivity index is 1.37. The Labute approximate surface area is 211 Å². The summed E-state index contributed by atoms with van der Waals surface area (Å²) in [5, 5.41) is 3.25. The first-order valence-corrected chi connectivity index (χ1v) is 11.9. The molecule has 1 amide bonds. The molecule has 1 aromatic heterocycles. The molecule has 0 atom stereocenters. The summed E-state index contributed by atoms with van der Waals surface area (Å²) < 4.78 is 5.31. The summed E-state index contributed by atoms with van der Waals surface area (Å²) in [5.41, 5.74) is 6.54. The molecule has 1 aliphatic heterocycles. The molecule has 4 rings (SSSR count). The van der Waals surface area contributed by atoms with Gasteiger partial charge in [0.15, 0.2) is 0 Å². The predicted molar refractivity (Wildman–Crippen MR) is 142 cm³/mol. The molecule has 0 bridgehead atoms. The molecule has 0 aliphatic carbocycles. The number of nitrogens with one attached hydrogen (secondary N) is 2. The first-order chi connectivity index (χ1) is 17.6. The topological polar surface area (TPSA) is 91.8 Å². The molecule has 9 nitrogen and oxygen atoms in total. The predicted octanol–water partition coefficient (Wildman–Crippen LogP) is 3.83. The monoisotopic (exact) mass is 488 g/mol. The Hall–Kier alpha value is -3.95. The van der Waals surface area contributed by atoms with Gasteiger partial charge in [0.25, 0.3) is 5.91 Å². The van der Waals surface area contributed by atoms with Gasteiger partial charge in [-0.25, -0.2) is 15.4 Å². The van der Waals surface area contributed by atoms with Crippen molar-refractivity contribution in [2.24, 2.45) is 0 Å². The van der Waals surface area contributed by atoms with E-state index < -0.39 is 0 Å². The van der Waals surface area contributed by atoms with Crippen LogP contribution in [0.25, 0.3) is 12.2 Å². The van der Waals surface area contributed by atoms with Crippen molar-refractivity contribution in [3.8, 4) is 5.75 Å². The molecule has 1 aliphatic rings. The lowest BCUT2D eigenvalue weighted by atomic mass is 10.1. The number of ether oxygens (including phenoxy) is 1. The van der Waals surface area contributed by atoms with Gasteiger partial charge >= 0.3 is 0 Å². The highest BCUT2D eigenvalue weighted by Gasteiger charge is 2.15. The summed E-state index contributed by atoms with van der Waals surface area (Å²) in [4.78, 5) is 30.6. The number of methoxy groups -OCH3 is 1. The van der Waals surface area contributed by atoms with Crippen LogP contribution in [-0.4, -0.2) is 67.7 Å². The zero-order valence-corrected chi connectivity index (χ0v) is 20.9. The Kier molecular flexibility index (Phi) is 8.48. The minimum Gasteiger partial charge on any atom is -0.497 e. The maximum atomic E-state index is 12.1. The van der Waals surface area contributed by atoms with Crippen molar-refractivity contribution >= 4 is 35.4 Å². The smallest absolute Gasteiger partial charge is 0.274 e. The number of rotatable bonds is 9. The summed E-state index contributed by atoms with van der Waals surface area (Å²) in [6.45, 7) is 7.64. The number of likely N-dealkylation sites (N-methyl/N-ethyl adjacent to an activating group) is 1. The van der Waals surface area contributed by atoms with Gasteiger partial charge in [-0.3, -0.25) is 9.63 Å². The van der Waals surface area contributed by atoms with Crippen LogP contribution in [0.3, 0.4) is 0 Å². The van der Waals surface area contributed by atoms with Gasteiger partial charge in [-0.2, -0.15) is 0 Å². The molecule has 0 radical (unpaired) electrons. The Morgan fingerprint density at radius 2 is 1.67 bits per heavy atom. The molecule has 1 saturated heterocycles. The Bertz CT molecular complexity index is 1170. The number of piperazine rings is 1. The van der Waals surface area contributed by atoms with Crippen LogP contribution in [0.15, 0.2) is 54.9 Å². The molecule has 2 heterocycles. The highest BCUT2D eigenvalue weighted by atomic mass is 16.6. The van der Waals surface area contributed by atoms with Crippen molar-refractivity contribution in [1.29, 1.82) is 0 Å². The average Bonchev–Trinajstić information content (AvgIpc) is 2.93. The van der Waals surface area contributed by atoms with Crippen molar-refractivity contribution in [3.05, 3.63) is 71.5 Å². The van der Waals surface area contributed by atoms with Crippen LogP contribution in [0.1, 0.15) is 28.4 Å². The van der Waals surface area contributed by atoms with Crippen LogP contribution < -0.4 is 20.4 Å². The van der Waals surface area contributed by atoms with Crippen LogP contribution >= 0.6 is 0 Å². The normalized spacial score (nSPS) is 14.1. The van der Waals surface area contributed by atoms with Gasteiger partial charge in [-0.1, -0.05) is 19.1 Å². The molecule has 0 saturated carbocycles. The minimum absolute atomic E-state index is 0.350. The first-order valence-electron chi connectivity index (χ1n) is 11.9. The van der Waals surface area contributed by atoms with Crippen molar-refractivity contribution in [2.45, 2.75) is 6.92 Å². The molecule has 9 heteroatoms. The van der Waals surface area contributed by atoms with E-state index in [1.165, 1.54) is 12.8 Å². The van der Waals surface area contributed by atoms with E-state index in [1.54, 1.807) is 31.6 Å². The summed E-state index contributed by atoms with van der Waals surface area (Å²) in [6, 6.07) is 13.6. The van der Waals surface area contributed by atoms with E-state index in [-0.39, 0.29) is 5.91 Å². The molecule has 3 aromatic rings. The third kappa shape index (κ3) is 6.59. The molecular formula is C27H32N6O3. The highest BCUT2D eigenvalue weighted by Crippen LogP contribution is 2.22. The van der Waals surface area contributed by atoms with Crippen molar-refractivity contribution < 1.29 is 14.4 Å². The zero-order valence-electron chi connectivity index (χ0n) is 20.9. The van der Waals surface area contributed by atoms with Crippen LogP contribution in [0.5, 0.6) is 5.75 Å². The molecule has 1 fully saturated rings. The lowest BCUT2D eigenvalue weighted by molar-refractivity contribution is 0.0537. The number of carbonyl (C=O) groups is 1. The quantitative estimate of drug-likeness (QED) is 0.439. The number of anilines is 3. The van der Waals surface area contributed by atoms with E-state index in [1.807, 2.05) is 18.2 Å². The third-order valence-corrected chi connectivity index (χ3v) is 6.07. The number of hydroxylamine groups is 1. The Morgan fingerprint density at radius 1 is 0.972 bits per heavy atom. The van der Waals surface area contributed by atoms with Gasteiger partial charge < -0.3 is 19.9 Å². The number of hydrogen-bond acceptors (Lipinski definition) is 8. The molecule has 0 spiro atoms. The molecule has 188 valence electrons. The van der Waals surface area contributed by atoms with E-state index in [9.17, 15) is 4.79 Å². The number of carbonyl (C=O) groups excluding carboxylic acids is 1. The first kappa shape index (κ1) is 25.2. The molecular weight excluding hydrogens is 456 g/mol. The summed E-state index contributed by atoms with van der Waals surface area (Å²) in [7, 11) is 2.95. The fraction of sp³-hybridized carbons (Fsp3) is 0.296. The van der Waals surface area contributed by atoms with Crippen LogP contribution in [0.4, 0.5) is 17.3 Å². The molecule has 36 heavy (non-hydrogen) atoms. The van der Waals surface area contributed by atoms with Gasteiger partial charge in [-0.15, -0.1) is 0 Å². The van der Waals surface area contributed by atoms with Crippen molar-refractivity contribution in [1.82, 2.24) is 20.3 Å². The van der Waals surface area contributed by atoms with Crippen molar-refractivity contribution in [2.75, 3.05) is 57.2 Å². The van der Waals surface area contributed by atoms with Gasteiger partial charge in [0.1, 0.15) is 5.75 Å². The average molecular weight is 489 g/mol. The van der Waals surface area contributed by atoms with Gasteiger partial charge in [0.2, 0.25) is 5.95 Å². The number of nitrogens with zero attached hydrogens (tertiary/aromatic N) is 4. The van der Waals surface area contributed by atoms with E-state index in [0.29, 0.717) is 17.3 Å². The largest absolute Gasteiger partial charge is 0.497 e. The van der Waals surface area contributed by atoms with Gasteiger partial charge in [-0.05, 0) is 54.6 Å². The van der Waals surface area contributed by atoms with Gasteiger partial charge in [0, 0.05) is 61.1 Å². The third-order valence-electron chi connectivity index (χ3n) is 6.07. The summed E-state index contributed by atoms with van der Waals surface area (Å²) in [6.07, 6.45) is 7.23. The maximum Gasteiger partial charge on any atom is 0.274 e. The fourth-order valence-electron chi connectivity index (χ4n) is 4.01. The lowest BCUT2D eigenvalue weighted by Crippen LogP contribution is -2.46. The van der Waals surface area contributed by atoms with Crippen LogP contribution in [-0.2, 0) is 4.84 Å². The SMILES string of the molecule is CCN1CCN(c2ccc(Nc3ncc(/C=C/c4cc(OC)cc(C(=O)NOC)c4)cn3)cc2)CC1. The minimum atomic E-state index is -0.350. The van der Waals surface area contributed by atoms with Crippen molar-refractivity contribution in [3.63, 3.8) is 0 Å². The molecule has 0 unspecified atom stereocenters. The van der Waals surface area contributed by atoms with E-state index >= 15 is 0 Å². The maximum absolute atomic E-state index is 12.1. The second-order valence-corrected chi connectivity index (χ2v) is 8.40. The highest BCUT2D eigenvalue weighted by molar-refractivity contribution is 5.94. The second kappa shape index (κ2) is 12.1. The number of hydrogen-bond donors (Lipinski definition) is 2. The number of amides is 1. The molecule has 2 N–H and O–H groups in total. The van der Waals surface area contributed by atoms with Crippen LogP contribution in [0.2, 0.25) is 0 Å². The number of aromatic nitrogens is 2. The Morgan fingerprint density at radius 3 is 2.31 bits per heavy atom. The fourth-order valence-corrected chi connectivity index (χ4v) is 4.01. The summed E-state index contributed by atoms with van der Waals surface area (Å²) >= 11 is 0. The van der Waals surface area contributed by atoms with Crippen LogP contribution in [0, 0.1) is 0 Å².